The monoisotopic (exact) mass is 620 g/mol. The Morgan fingerprint density at radius 3 is 2.64 bits per heavy atom. The fourth-order valence-corrected chi connectivity index (χ4v) is 9.32. The van der Waals surface area contributed by atoms with Crippen LogP contribution in [0.5, 0.6) is 0 Å². The van der Waals surface area contributed by atoms with Crippen LogP contribution in [-0.2, 0) is 9.59 Å². The number of nitrogens with zero attached hydrogens (tertiary/aromatic N) is 3. The van der Waals surface area contributed by atoms with E-state index in [-0.39, 0.29) is 23.8 Å². The number of hydrogen-bond acceptors (Lipinski definition) is 7. The highest BCUT2D eigenvalue weighted by Crippen LogP contribution is 2.44. The van der Waals surface area contributed by atoms with Gasteiger partial charge in [0.05, 0.1) is 10.7 Å². The van der Waals surface area contributed by atoms with Gasteiger partial charge in [0.15, 0.2) is 0 Å². The summed E-state index contributed by atoms with van der Waals surface area (Å²) in [7, 11) is 1.91. The van der Waals surface area contributed by atoms with Gasteiger partial charge in [-0.05, 0) is 75.6 Å². The molecule has 3 N–H and O–H groups in total. The van der Waals surface area contributed by atoms with Gasteiger partial charge in [0.1, 0.15) is 6.04 Å². The molecule has 0 spiro atoms. The Hall–Kier alpha value is -2.49. The van der Waals surface area contributed by atoms with E-state index >= 15 is 0 Å². The number of carbonyl (C=O) groups excluding carboxylic acids is 2. The molecule has 5 aliphatic rings. The molecule has 6 rings (SSSR count). The average Bonchev–Trinajstić information content (AvgIpc) is 3.31. The molecule has 44 heavy (non-hydrogen) atoms. The lowest BCUT2D eigenvalue weighted by Gasteiger charge is -2.42. The van der Waals surface area contributed by atoms with E-state index in [0.717, 1.165) is 67.5 Å². The summed E-state index contributed by atoms with van der Waals surface area (Å²) in [6, 6.07) is 7.05. The van der Waals surface area contributed by atoms with Gasteiger partial charge in [0, 0.05) is 75.3 Å². The summed E-state index contributed by atoms with van der Waals surface area (Å²) in [5.74, 6) is 1.86. The van der Waals surface area contributed by atoms with Gasteiger partial charge in [-0.15, -0.1) is 11.8 Å². The van der Waals surface area contributed by atoms with Gasteiger partial charge < -0.3 is 20.9 Å². The van der Waals surface area contributed by atoms with E-state index in [2.05, 4.69) is 64.7 Å². The number of allylic oxidation sites excluding steroid dienone is 1. The van der Waals surface area contributed by atoms with E-state index in [1.807, 2.05) is 24.1 Å². The summed E-state index contributed by atoms with van der Waals surface area (Å²) >= 11 is 1.78. The summed E-state index contributed by atoms with van der Waals surface area (Å²) in [4.78, 5) is 34.5. The van der Waals surface area contributed by atoms with E-state index in [4.69, 9.17) is 0 Å². The van der Waals surface area contributed by atoms with E-state index in [1.54, 1.807) is 11.8 Å². The van der Waals surface area contributed by atoms with Gasteiger partial charge in [-0.3, -0.25) is 19.4 Å². The molecular weight excluding hydrogens is 568 g/mol. The fraction of sp³-hybridized carbons (Fsp3) is 0.657. The first-order valence-electron chi connectivity index (χ1n) is 17.0. The maximum Gasteiger partial charge on any atom is 0.261 e. The minimum atomic E-state index is -0.284. The summed E-state index contributed by atoms with van der Waals surface area (Å²) < 4.78 is 0. The fourth-order valence-electron chi connectivity index (χ4n) is 7.90. The maximum absolute atomic E-state index is 13.3. The number of thioether (sulfide) groups is 1. The van der Waals surface area contributed by atoms with Crippen molar-refractivity contribution in [1.29, 1.82) is 0 Å². The van der Waals surface area contributed by atoms with Crippen molar-refractivity contribution < 1.29 is 9.59 Å². The zero-order chi connectivity index (χ0) is 30.8. The predicted octanol–water partition coefficient (Wildman–Crippen LogP) is 4.65. The standard InChI is InChI=1S/C35H52N6O2S/c1-23(2)40-15-17-41(18-16-40)27-13-14-33(36-21-27)37-30-19-26(22-39(4)35(30)43)28-10-8-11-29(24(28)3)38-34(42)32-20-25-9-6-5-7-12-31(25)44-32/h8,10-11,14,20,23,25-27,30-31,36-37H,5-7,9,12-13,15-19,21-22H2,1-4H3,(H,38,42). The molecule has 5 atom stereocenters. The number of nitrogens with one attached hydrogen (secondary N) is 3. The van der Waals surface area contributed by atoms with Crippen molar-refractivity contribution in [2.45, 2.75) is 95.0 Å². The number of benzene rings is 1. The molecule has 3 fully saturated rings. The molecular formula is C35H52N6O2S. The first kappa shape index (κ1) is 31.5. The number of rotatable bonds is 7. The molecule has 5 unspecified atom stereocenters. The number of amides is 2. The predicted molar refractivity (Wildman–Crippen MR) is 181 cm³/mol. The molecule has 1 aliphatic carbocycles. The number of piperazine rings is 1. The largest absolute Gasteiger partial charge is 0.371 e. The number of likely N-dealkylation sites (tertiary alicyclic amines) is 1. The third-order valence-corrected chi connectivity index (χ3v) is 12.1. The lowest BCUT2D eigenvalue weighted by molar-refractivity contribution is -0.134. The Bertz CT molecular complexity index is 1270. The molecule has 2 saturated heterocycles. The summed E-state index contributed by atoms with van der Waals surface area (Å²) in [6.07, 6.45) is 12.5. The van der Waals surface area contributed by atoms with Gasteiger partial charge in [-0.25, -0.2) is 0 Å². The quantitative estimate of drug-likeness (QED) is 0.410. The van der Waals surface area contributed by atoms with E-state index < -0.39 is 0 Å². The van der Waals surface area contributed by atoms with Crippen LogP contribution in [0.25, 0.3) is 0 Å². The number of hydrogen-bond donors (Lipinski definition) is 3. The Morgan fingerprint density at radius 2 is 1.89 bits per heavy atom. The van der Waals surface area contributed by atoms with Gasteiger partial charge in [0.2, 0.25) is 5.91 Å². The summed E-state index contributed by atoms with van der Waals surface area (Å²) in [5, 5.41) is 11.0. The van der Waals surface area contributed by atoms with Crippen LogP contribution < -0.4 is 16.0 Å². The van der Waals surface area contributed by atoms with Crippen molar-refractivity contribution in [3.63, 3.8) is 0 Å². The first-order valence-corrected chi connectivity index (χ1v) is 17.9. The molecule has 8 nitrogen and oxygen atoms in total. The lowest BCUT2D eigenvalue weighted by atomic mass is 9.85. The van der Waals surface area contributed by atoms with Crippen molar-refractivity contribution in [2.75, 3.05) is 51.6 Å². The zero-order valence-corrected chi connectivity index (χ0v) is 27.9. The molecule has 4 heterocycles. The molecule has 9 heteroatoms. The Kier molecular flexibility index (Phi) is 9.93. The number of fused-ring (bicyclic) bond motifs is 1. The van der Waals surface area contributed by atoms with Crippen LogP contribution in [0.1, 0.15) is 75.8 Å². The van der Waals surface area contributed by atoms with Crippen LogP contribution >= 0.6 is 11.8 Å². The number of likely N-dealkylation sites (N-methyl/N-ethyl adjacent to an activating group) is 1. The number of piperidine rings is 1. The molecule has 0 bridgehead atoms. The van der Waals surface area contributed by atoms with Crippen LogP contribution in [0, 0.1) is 12.8 Å². The second kappa shape index (κ2) is 13.9. The second-order valence-corrected chi connectivity index (χ2v) is 15.1. The highest BCUT2D eigenvalue weighted by Gasteiger charge is 2.36. The number of carbonyl (C=O) groups is 2. The van der Waals surface area contributed by atoms with E-state index in [1.165, 1.54) is 37.7 Å². The summed E-state index contributed by atoms with van der Waals surface area (Å²) in [5.41, 5.74) is 3.18. The van der Waals surface area contributed by atoms with Crippen molar-refractivity contribution in [1.82, 2.24) is 25.3 Å². The zero-order valence-electron chi connectivity index (χ0n) is 27.1. The van der Waals surface area contributed by atoms with Crippen molar-refractivity contribution in [3.05, 3.63) is 52.2 Å². The molecule has 240 valence electrons. The molecule has 4 aliphatic heterocycles. The molecule has 0 aromatic heterocycles. The van der Waals surface area contributed by atoms with Gasteiger partial charge in [-0.1, -0.05) is 37.5 Å². The Labute approximate surface area is 268 Å². The highest BCUT2D eigenvalue weighted by atomic mass is 32.2. The SMILES string of the molecule is Cc1c(NC(=O)C2=CC3CCCCCC3S2)cccc1C1CC(NC2=CCC(N3CCN(C(C)C)CC3)CN2)C(=O)N(C)C1. The van der Waals surface area contributed by atoms with E-state index in [0.29, 0.717) is 29.8 Å². The molecule has 2 amide bonds. The first-order chi connectivity index (χ1) is 21.3. The third-order valence-electron chi connectivity index (χ3n) is 10.7. The smallest absolute Gasteiger partial charge is 0.261 e. The van der Waals surface area contributed by atoms with Crippen molar-refractivity contribution in [2.24, 2.45) is 5.92 Å². The summed E-state index contributed by atoms with van der Waals surface area (Å²) in [6.45, 7) is 12.7. The molecule has 1 aromatic rings. The lowest BCUT2D eigenvalue weighted by Crippen LogP contribution is -2.56. The highest BCUT2D eigenvalue weighted by molar-refractivity contribution is 8.04. The van der Waals surface area contributed by atoms with Gasteiger partial charge >= 0.3 is 0 Å². The second-order valence-electron chi connectivity index (χ2n) is 13.9. The van der Waals surface area contributed by atoms with E-state index in [9.17, 15) is 9.59 Å². The average molecular weight is 621 g/mol. The van der Waals surface area contributed by atoms with Crippen LogP contribution in [0.2, 0.25) is 0 Å². The van der Waals surface area contributed by atoms with Crippen LogP contribution in [0.15, 0.2) is 41.1 Å². The molecule has 1 aromatic carbocycles. The topological polar surface area (TPSA) is 80.0 Å². The minimum absolute atomic E-state index is 0.0224. The minimum Gasteiger partial charge on any atom is -0.371 e. The molecule has 0 radical (unpaired) electrons. The third kappa shape index (κ3) is 7.00. The maximum atomic E-state index is 13.3. The Morgan fingerprint density at radius 1 is 1.09 bits per heavy atom. The van der Waals surface area contributed by atoms with Crippen molar-refractivity contribution in [3.8, 4) is 0 Å². The van der Waals surface area contributed by atoms with Gasteiger partial charge in [0.25, 0.3) is 5.91 Å². The van der Waals surface area contributed by atoms with Crippen LogP contribution in [0.3, 0.4) is 0 Å². The van der Waals surface area contributed by atoms with Crippen LogP contribution in [0.4, 0.5) is 5.69 Å². The normalized spacial score (nSPS) is 30.2. The van der Waals surface area contributed by atoms with Crippen LogP contribution in [-0.4, -0.2) is 96.2 Å². The van der Waals surface area contributed by atoms with Gasteiger partial charge in [-0.2, -0.15) is 0 Å². The number of anilines is 1. The Balaban J connectivity index is 1.07. The van der Waals surface area contributed by atoms with Crippen molar-refractivity contribution >= 4 is 29.3 Å². The molecule has 1 saturated carbocycles.